The van der Waals surface area contributed by atoms with Gasteiger partial charge in [-0.1, -0.05) is 0 Å². The topological polar surface area (TPSA) is 95.0 Å². The molecule has 0 saturated carbocycles. The minimum absolute atomic E-state index is 0.0169. The second kappa shape index (κ2) is 5.46. The standard InChI is InChI=1S/C9H16N2O5S/c1-10(7-9(13)14)8(12)3-5-11-4-2-6-17(11,15)16/h2-7H2,1H3,(H,13,14). The maximum atomic E-state index is 11.5. The molecule has 1 N–H and O–H groups in total. The Kier molecular flexibility index (Phi) is 4.47. The van der Waals surface area contributed by atoms with Gasteiger partial charge in [0, 0.05) is 26.6 Å². The van der Waals surface area contributed by atoms with E-state index in [0.717, 1.165) is 4.90 Å². The highest BCUT2D eigenvalue weighted by Gasteiger charge is 2.28. The van der Waals surface area contributed by atoms with Crippen LogP contribution >= 0.6 is 0 Å². The molecule has 98 valence electrons. The van der Waals surface area contributed by atoms with E-state index in [4.69, 9.17) is 5.11 Å². The van der Waals surface area contributed by atoms with Gasteiger partial charge in [-0.25, -0.2) is 12.7 Å². The first-order valence-corrected chi connectivity index (χ1v) is 6.87. The minimum Gasteiger partial charge on any atom is -0.480 e. The summed E-state index contributed by atoms with van der Waals surface area (Å²) in [7, 11) is -1.80. The first-order chi connectivity index (χ1) is 7.83. The first-order valence-electron chi connectivity index (χ1n) is 5.26. The van der Waals surface area contributed by atoms with Crippen molar-refractivity contribution in [3.05, 3.63) is 0 Å². The van der Waals surface area contributed by atoms with Crippen LogP contribution in [0.15, 0.2) is 0 Å². The van der Waals surface area contributed by atoms with Crippen LogP contribution in [-0.2, 0) is 19.6 Å². The zero-order valence-corrected chi connectivity index (χ0v) is 10.4. The molecule has 1 rings (SSSR count). The lowest BCUT2D eigenvalue weighted by Crippen LogP contribution is -2.35. The van der Waals surface area contributed by atoms with E-state index in [2.05, 4.69) is 0 Å². The van der Waals surface area contributed by atoms with Crippen LogP contribution in [0, 0.1) is 0 Å². The highest BCUT2D eigenvalue weighted by Crippen LogP contribution is 2.13. The van der Waals surface area contributed by atoms with Crippen LogP contribution in [-0.4, -0.2) is 67.0 Å². The molecule has 0 bridgehead atoms. The summed E-state index contributed by atoms with van der Waals surface area (Å²) in [5.74, 6) is -1.32. The Morgan fingerprint density at radius 3 is 2.53 bits per heavy atom. The largest absolute Gasteiger partial charge is 0.480 e. The molecule has 1 saturated heterocycles. The zero-order valence-electron chi connectivity index (χ0n) is 9.63. The zero-order chi connectivity index (χ0) is 13.1. The van der Waals surface area contributed by atoms with Crippen molar-refractivity contribution in [2.24, 2.45) is 0 Å². The van der Waals surface area contributed by atoms with Crippen molar-refractivity contribution >= 4 is 21.9 Å². The Morgan fingerprint density at radius 2 is 2.06 bits per heavy atom. The smallest absolute Gasteiger partial charge is 0.323 e. The van der Waals surface area contributed by atoms with Gasteiger partial charge >= 0.3 is 5.97 Å². The number of hydrogen-bond acceptors (Lipinski definition) is 4. The van der Waals surface area contributed by atoms with Gasteiger partial charge < -0.3 is 10.0 Å². The number of likely N-dealkylation sites (N-methyl/N-ethyl adjacent to an activating group) is 1. The summed E-state index contributed by atoms with van der Waals surface area (Å²) in [5, 5.41) is 8.50. The van der Waals surface area contributed by atoms with Crippen LogP contribution in [0.3, 0.4) is 0 Å². The summed E-state index contributed by atoms with van der Waals surface area (Å²) in [4.78, 5) is 22.9. The van der Waals surface area contributed by atoms with Gasteiger partial charge in [0.15, 0.2) is 0 Å². The summed E-state index contributed by atoms with van der Waals surface area (Å²) in [6.07, 6.45) is 0.602. The number of rotatable bonds is 5. The summed E-state index contributed by atoms with van der Waals surface area (Å²) in [6, 6.07) is 0. The Hall–Kier alpha value is -1.15. The molecule has 1 amide bonds. The van der Waals surface area contributed by atoms with Gasteiger partial charge in [-0.15, -0.1) is 0 Å². The Bertz CT molecular complexity index is 406. The van der Waals surface area contributed by atoms with E-state index < -0.39 is 16.0 Å². The molecule has 0 spiro atoms. The van der Waals surface area contributed by atoms with E-state index in [0.29, 0.717) is 13.0 Å². The second-order valence-electron chi connectivity index (χ2n) is 3.96. The molecule has 0 aromatic heterocycles. The van der Waals surface area contributed by atoms with Gasteiger partial charge in [0.2, 0.25) is 15.9 Å². The van der Waals surface area contributed by atoms with E-state index in [1.807, 2.05) is 0 Å². The van der Waals surface area contributed by atoms with Crippen molar-refractivity contribution in [1.82, 2.24) is 9.21 Å². The number of aliphatic carboxylic acids is 1. The van der Waals surface area contributed by atoms with Crippen LogP contribution in [0.1, 0.15) is 12.8 Å². The molecule has 17 heavy (non-hydrogen) atoms. The third-order valence-electron chi connectivity index (χ3n) is 2.58. The van der Waals surface area contributed by atoms with E-state index in [9.17, 15) is 18.0 Å². The van der Waals surface area contributed by atoms with Gasteiger partial charge in [-0.05, 0) is 6.42 Å². The van der Waals surface area contributed by atoms with Crippen LogP contribution in [0.2, 0.25) is 0 Å². The predicted octanol–water partition coefficient (Wildman–Crippen LogP) is -1.04. The van der Waals surface area contributed by atoms with Crippen molar-refractivity contribution in [2.45, 2.75) is 12.8 Å². The van der Waals surface area contributed by atoms with Crippen LogP contribution in [0.4, 0.5) is 0 Å². The summed E-state index contributed by atoms with van der Waals surface area (Å²) < 4.78 is 24.1. The monoisotopic (exact) mass is 264 g/mol. The molecule has 1 fully saturated rings. The van der Waals surface area contributed by atoms with Crippen molar-refractivity contribution in [2.75, 3.05) is 32.4 Å². The fourth-order valence-electron chi connectivity index (χ4n) is 1.64. The number of hydrogen-bond donors (Lipinski definition) is 1. The molecule has 7 nitrogen and oxygen atoms in total. The van der Waals surface area contributed by atoms with Gasteiger partial charge in [0.1, 0.15) is 6.54 Å². The molecule has 1 heterocycles. The number of carboxylic acids is 1. The number of amides is 1. The summed E-state index contributed by atoms with van der Waals surface area (Å²) >= 11 is 0. The fraction of sp³-hybridized carbons (Fsp3) is 0.778. The Labute approximate surface area is 100 Å². The normalized spacial score (nSPS) is 19.1. The quantitative estimate of drug-likeness (QED) is 0.684. The highest BCUT2D eigenvalue weighted by molar-refractivity contribution is 7.89. The molecule has 1 aliphatic rings. The van der Waals surface area contributed by atoms with Gasteiger partial charge in [0.25, 0.3) is 0 Å². The summed E-state index contributed by atoms with van der Waals surface area (Å²) in [6.45, 7) is 0.203. The fourth-order valence-corrected chi connectivity index (χ4v) is 3.17. The third-order valence-corrected chi connectivity index (χ3v) is 4.53. The van der Waals surface area contributed by atoms with Crippen molar-refractivity contribution < 1.29 is 23.1 Å². The Balaban J connectivity index is 2.41. The number of nitrogens with zero attached hydrogens (tertiary/aromatic N) is 2. The molecule has 8 heteroatoms. The number of carboxylic acid groups (broad SMARTS) is 1. The second-order valence-corrected chi connectivity index (χ2v) is 6.05. The minimum atomic E-state index is -3.19. The average molecular weight is 264 g/mol. The molecule has 0 unspecified atom stereocenters. The SMILES string of the molecule is CN(CC(=O)O)C(=O)CCN1CCCS1(=O)=O. The first kappa shape index (κ1) is 13.9. The predicted molar refractivity (Wildman–Crippen MR) is 59.9 cm³/mol. The maximum Gasteiger partial charge on any atom is 0.323 e. The average Bonchev–Trinajstić information content (AvgIpc) is 2.53. The Morgan fingerprint density at radius 1 is 1.41 bits per heavy atom. The molecule has 0 aromatic carbocycles. The highest BCUT2D eigenvalue weighted by atomic mass is 32.2. The number of carbonyl (C=O) groups is 2. The third kappa shape index (κ3) is 3.97. The van der Waals surface area contributed by atoms with E-state index in [1.54, 1.807) is 0 Å². The molecule has 0 aromatic rings. The van der Waals surface area contributed by atoms with Crippen LogP contribution in [0.5, 0.6) is 0 Å². The van der Waals surface area contributed by atoms with E-state index in [-0.39, 0.29) is 31.2 Å². The molecule has 0 radical (unpaired) electrons. The van der Waals surface area contributed by atoms with E-state index >= 15 is 0 Å². The van der Waals surface area contributed by atoms with E-state index in [1.165, 1.54) is 11.4 Å². The molecule has 0 atom stereocenters. The summed E-state index contributed by atoms with van der Waals surface area (Å²) in [5.41, 5.74) is 0. The van der Waals surface area contributed by atoms with Gasteiger partial charge in [0.05, 0.1) is 5.75 Å². The molecular weight excluding hydrogens is 248 g/mol. The molecular formula is C9H16N2O5S. The van der Waals surface area contributed by atoms with Gasteiger partial charge in [-0.2, -0.15) is 0 Å². The van der Waals surface area contributed by atoms with Crippen molar-refractivity contribution in [3.8, 4) is 0 Å². The lowest BCUT2D eigenvalue weighted by Gasteiger charge is -2.17. The van der Waals surface area contributed by atoms with Crippen molar-refractivity contribution in [1.29, 1.82) is 0 Å². The van der Waals surface area contributed by atoms with Gasteiger partial charge in [-0.3, -0.25) is 9.59 Å². The lowest BCUT2D eigenvalue weighted by atomic mass is 10.3. The van der Waals surface area contributed by atoms with Crippen molar-refractivity contribution in [3.63, 3.8) is 0 Å². The number of carbonyl (C=O) groups excluding carboxylic acids is 1. The molecule has 1 aliphatic heterocycles. The van der Waals surface area contributed by atoms with Crippen LogP contribution < -0.4 is 0 Å². The lowest BCUT2D eigenvalue weighted by molar-refractivity contribution is -0.143. The number of sulfonamides is 1. The van der Waals surface area contributed by atoms with Crippen LogP contribution in [0.25, 0.3) is 0 Å². The molecule has 0 aliphatic carbocycles. The maximum absolute atomic E-state index is 11.5.